The monoisotopic (exact) mass is 318 g/mol. The maximum Gasteiger partial charge on any atom is 0.166 e. The lowest BCUT2D eigenvalue weighted by atomic mass is 9.99. The molecule has 1 aromatic heterocycles. The Bertz CT molecular complexity index is 559. The van der Waals surface area contributed by atoms with Gasteiger partial charge >= 0.3 is 0 Å². The van der Waals surface area contributed by atoms with Crippen molar-refractivity contribution in [3.8, 4) is 0 Å². The van der Waals surface area contributed by atoms with Crippen LogP contribution in [-0.2, 0) is 6.42 Å². The molecule has 1 aromatic carbocycles. The minimum absolute atomic E-state index is 0.109. The maximum absolute atomic E-state index is 5.27. The molecule has 2 aromatic rings. The molecule has 1 heterocycles. The second kappa shape index (κ2) is 7.57. The van der Waals surface area contributed by atoms with E-state index < -0.39 is 0 Å². The molecule has 4 heteroatoms. The number of rotatable bonds is 5. The Labute approximate surface area is 136 Å². The molecular weight excluding hydrogens is 296 g/mol. The molecule has 1 atom stereocenters. The molecule has 0 fully saturated rings. The first-order valence-electron chi connectivity index (χ1n) is 7.20. The summed E-state index contributed by atoms with van der Waals surface area (Å²) >= 11 is 7.01. The van der Waals surface area contributed by atoms with Crippen molar-refractivity contribution in [1.29, 1.82) is 0 Å². The molecule has 2 rings (SSSR count). The van der Waals surface area contributed by atoms with Gasteiger partial charge in [0.15, 0.2) is 5.11 Å². The molecule has 0 radical (unpaired) electrons. The van der Waals surface area contributed by atoms with Gasteiger partial charge in [0.25, 0.3) is 0 Å². The number of thiophene rings is 1. The summed E-state index contributed by atoms with van der Waals surface area (Å²) in [5.74, 6) is 0.680. The van der Waals surface area contributed by atoms with E-state index in [-0.39, 0.29) is 6.04 Å². The lowest BCUT2D eigenvalue weighted by molar-refractivity contribution is 0.646. The predicted molar refractivity (Wildman–Crippen MR) is 95.9 cm³/mol. The van der Waals surface area contributed by atoms with E-state index in [2.05, 4.69) is 66.3 Å². The molecule has 0 aliphatic rings. The number of nitrogens with one attached hydrogen (secondary N) is 2. The second-order valence-corrected chi connectivity index (χ2v) is 6.90. The van der Waals surface area contributed by atoms with Crippen molar-refractivity contribution in [2.45, 2.75) is 26.3 Å². The van der Waals surface area contributed by atoms with Crippen LogP contribution in [0.25, 0.3) is 0 Å². The van der Waals surface area contributed by atoms with Crippen molar-refractivity contribution in [2.75, 3.05) is 7.05 Å². The highest BCUT2D eigenvalue weighted by Crippen LogP contribution is 2.26. The Morgan fingerprint density at radius 1 is 1.19 bits per heavy atom. The molecule has 0 aliphatic heterocycles. The molecule has 2 N–H and O–H groups in total. The average molecular weight is 319 g/mol. The van der Waals surface area contributed by atoms with E-state index in [0.717, 1.165) is 6.42 Å². The standard InChI is InChI=1S/C17H22N2S2/c1-12(2)11-13-6-8-14(9-7-13)16(19-17(20)18-3)15-5-4-10-21-15/h4-10,12,16H,11H2,1-3H3,(H2,18,19,20)/t16-/m1/s1. The van der Waals surface area contributed by atoms with Gasteiger partial charge in [-0.15, -0.1) is 11.3 Å². The summed E-state index contributed by atoms with van der Waals surface area (Å²) in [6, 6.07) is 13.2. The van der Waals surface area contributed by atoms with E-state index in [0.29, 0.717) is 11.0 Å². The zero-order valence-corrected chi connectivity index (χ0v) is 14.4. The fourth-order valence-electron chi connectivity index (χ4n) is 2.30. The molecule has 2 nitrogen and oxygen atoms in total. The normalized spacial score (nSPS) is 12.2. The molecule has 0 saturated heterocycles. The Morgan fingerprint density at radius 2 is 1.90 bits per heavy atom. The molecule has 0 aliphatic carbocycles. The first-order chi connectivity index (χ1) is 10.1. The van der Waals surface area contributed by atoms with E-state index in [1.807, 2.05) is 7.05 Å². The first kappa shape index (κ1) is 16.0. The van der Waals surface area contributed by atoms with Gasteiger partial charge in [-0.1, -0.05) is 44.2 Å². The lowest BCUT2D eigenvalue weighted by Crippen LogP contribution is -2.35. The van der Waals surface area contributed by atoms with Gasteiger partial charge in [0.05, 0.1) is 6.04 Å². The summed E-state index contributed by atoms with van der Waals surface area (Å²) < 4.78 is 0. The Balaban J connectivity index is 2.22. The van der Waals surface area contributed by atoms with Crippen LogP contribution in [0.4, 0.5) is 0 Å². The Kier molecular flexibility index (Phi) is 5.76. The molecule has 0 spiro atoms. The van der Waals surface area contributed by atoms with Crippen LogP contribution in [0.5, 0.6) is 0 Å². The molecule has 21 heavy (non-hydrogen) atoms. The van der Waals surface area contributed by atoms with E-state index in [1.165, 1.54) is 16.0 Å². The van der Waals surface area contributed by atoms with Gasteiger partial charge in [-0.25, -0.2) is 0 Å². The maximum atomic E-state index is 5.27. The van der Waals surface area contributed by atoms with Crippen LogP contribution in [0.15, 0.2) is 41.8 Å². The van der Waals surface area contributed by atoms with Crippen molar-refractivity contribution in [3.63, 3.8) is 0 Å². The highest BCUT2D eigenvalue weighted by molar-refractivity contribution is 7.80. The first-order valence-corrected chi connectivity index (χ1v) is 8.49. The van der Waals surface area contributed by atoms with Gasteiger partial charge in [-0.2, -0.15) is 0 Å². The van der Waals surface area contributed by atoms with Gasteiger partial charge in [-0.3, -0.25) is 0 Å². The largest absolute Gasteiger partial charge is 0.366 e. The van der Waals surface area contributed by atoms with Crippen LogP contribution in [0.1, 0.15) is 35.9 Å². The van der Waals surface area contributed by atoms with Gasteiger partial charge in [0.1, 0.15) is 0 Å². The van der Waals surface area contributed by atoms with Crippen LogP contribution in [-0.4, -0.2) is 12.2 Å². The van der Waals surface area contributed by atoms with Gasteiger partial charge < -0.3 is 10.6 Å². The Hall–Kier alpha value is -1.39. The third-order valence-corrected chi connectivity index (χ3v) is 4.55. The zero-order chi connectivity index (χ0) is 15.2. The molecule has 0 bridgehead atoms. The van der Waals surface area contributed by atoms with Gasteiger partial charge in [0, 0.05) is 11.9 Å². The number of hydrogen-bond acceptors (Lipinski definition) is 2. The highest BCUT2D eigenvalue weighted by atomic mass is 32.1. The highest BCUT2D eigenvalue weighted by Gasteiger charge is 2.15. The fraction of sp³-hybridized carbons (Fsp3) is 0.353. The SMILES string of the molecule is CNC(=S)N[C@H](c1ccc(CC(C)C)cc1)c1cccs1. The predicted octanol–water partition coefficient (Wildman–Crippen LogP) is 4.13. The average Bonchev–Trinajstić information content (AvgIpc) is 2.99. The summed E-state index contributed by atoms with van der Waals surface area (Å²) in [7, 11) is 1.84. The minimum atomic E-state index is 0.109. The smallest absolute Gasteiger partial charge is 0.166 e. The van der Waals surface area contributed by atoms with E-state index in [4.69, 9.17) is 12.2 Å². The number of thiocarbonyl (C=S) groups is 1. The summed E-state index contributed by atoms with van der Waals surface area (Å²) in [6.45, 7) is 4.49. The van der Waals surface area contributed by atoms with Crippen molar-refractivity contribution < 1.29 is 0 Å². The third kappa shape index (κ3) is 4.55. The van der Waals surface area contributed by atoms with E-state index in [1.54, 1.807) is 11.3 Å². The number of benzene rings is 1. The van der Waals surface area contributed by atoms with Crippen LogP contribution < -0.4 is 10.6 Å². The van der Waals surface area contributed by atoms with E-state index >= 15 is 0 Å². The summed E-state index contributed by atoms with van der Waals surface area (Å²) in [6.07, 6.45) is 1.12. The summed E-state index contributed by atoms with van der Waals surface area (Å²) in [5.41, 5.74) is 2.62. The van der Waals surface area contributed by atoms with Crippen molar-refractivity contribution in [1.82, 2.24) is 10.6 Å². The zero-order valence-electron chi connectivity index (χ0n) is 12.7. The van der Waals surface area contributed by atoms with Gasteiger partial charge in [-0.05, 0) is 47.1 Å². The van der Waals surface area contributed by atoms with Crippen LogP contribution >= 0.6 is 23.6 Å². The van der Waals surface area contributed by atoms with Crippen LogP contribution in [0.3, 0.4) is 0 Å². The molecule has 0 unspecified atom stereocenters. The molecule has 112 valence electrons. The molecule has 0 saturated carbocycles. The van der Waals surface area contributed by atoms with E-state index in [9.17, 15) is 0 Å². The van der Waals surface area contributed by atoms with Crippen molar-refractivity contribution in [2.24, 2.45) is 5.92 Å². The summed E-state index contributed by atoms with van der Waals surface area (Å²) in [4.78, 5) is 1.27. The summed E-state index contributed by atoms with van der Waals surface area (Å²) in [5, 5.41) is 9.13. The second-order valence-electron chi connectivity index (χ2n) is 5.51. The van der Waals surface area contributed by atoms with Crippen LogP contribution in [0.2, 0.25) is 0 Å². The quantitative estimate of drug-likeness (QED) is 0.811. The number of hydrogen-bond donors (Lipinski definition) is 2. The van der Waals surface area contributed by atoms with Gasteiger partial charge in [0.2, 0.25) is 0 Å². The fourth-order valence-corrected chi connectivity index (χ4v) is 3.22. The topological polar surface area (TPSA) is 24.1 Å². The van der Waals surface area contributed by atoms with Crippen LogP contribution in [0, 0.1) is 5.92 Å². The molecule has 0 amide bonds. The van der Waals surface area contributed by atoms with Crippen molar-refractivity contribution in [3.05, 3.63) is 57.8 Å². The molecular formula is C17H22N2S2. The minimum Gasteiger partial charge on any atom is -0.366 e. The Morgan fingerprint density at radius 3 is 2.43 bits per heavy atom. The third-order valence-electron chi connectivity index (χ3n) is 3.29. The van der Waals surface area contributed by atoms with Crippen molar-refractivity contribution >= 4 is 28.7 Å². The lowest BCUT2D eigenvalue weighted by Gasteiger charge is -2.20.